The van der Waals surface area contributed by atoms with Crippen LogP contribution in [0.4, 0.5) is 13.2 Å². The SMILES string of the molecule is Cc1ccc(-n2ncc(C(=O)NC3CC4CCC(C3)N4)c2C(F)(F)F)cc1. The van der Waals surface area contributed by atoms with Gasteiger partial charge < -0.3 is 10.6 Å². The first-order valence-corrected chi connectivity index (χ1v) is 9.10. The van der Waals surface area contributed by atoms with Crippen LogP contribution in [0.2, 0.25) is 0 Å². The van der Waals surface area contributed by atoms with Crippen LogP contribution in [-0.2, 0) is 6.18 Å². The zero-order chi connectivity index (χ0) is 19.2. The van der Waals surface area contributed by atoms with Crippen molar-refractivity contribution in [1.29, 1.82) is 0 Å². The van der Waals surface area contributed by atoms with Gasteiger partial charge in [-0.15, -0.1) is 0 Å². The van der Waals surface area contributed by atoms with Gasteiger partial charge in [-0.05, 0) is 44.7 Å². The van der Waals surface area contributed by atoms with E-state index >= 15 is 0 Å². The Balaban J connectivity index is 1.62. The van der Waals surface area contributed by atoms with E-state index in [0.717, 1.165) is 42.1 Å². The minimum absolute atomic E-state index is 0.111. The van der Waals surface area contributed by atoms with E-state index in [9.17, 15) is 18.0 Å². The Morgan fingerprint density at radius 2 is 1.81 bits per heavy atom. The van der Waals surface area contributed by atoms with E-state index < -0.39 is 23.3 Å². The summed E-state index contributed by atoms with van der Waals surface area (Å²) in [5, 5.41) is 10.1. The van der Waals surface area contributed by atoms with Gasteiger partial charge >= 0.3 is 6.18 Å². The molecule has 1 aromatic heterocycles. The van der Waals surface area contributed by atoms with Crippen LogP contribution in [0.5, 0.6) is 0 Å². The molecule has 2 saturated heterocycles. The van der Waals surface area contributed by atoms with E-state index in [1.54, 1.807) is 24.3 Å². The molecule has 1 amide bonds. The van der Waals surface area contributed by atoms with Crippen LogP contribution in [0.1, 0.15) is 47.3 Å². The summed E-state index contributed by atoms with van der Waals surface area (Å²) in [4.78, 5) is 12.6. The van der Waals surface area contributed by atoms with Gasteiger partial charge in [-0.2, -0.15) is 18.3 Å². The lowest BCUT2D eigenvalue weighted by Crippen LogP contribution is -2.48. The Hall–Kier alpha value is -2.35. The topological polar surface area (TPSA) is 59.0 Å². The van der Waals surface area contributed by atoms with Gasteiger partial charge in [-0.3, -0.25) is 4.79 Å². The highest BCUT2D eigenvalue weighted by molar-refractivity contribution is 5.95. The molecule has 144 valence electrons. The van der Waals surface area contributed by atoms with Crippen molar-refractivity contribution in [2.45, 2.75) is 56.9 Å². The summed E-state index contributed by atoms with van der Waals surface area (Å²) in [5.41, 5.74) is -0.278. The predicted molar refractivity (Wildman–Crippen MR) is 93.7 cm³/mol. The van der Waals surface area contributed by atoms with Gasteiger partial charge in [0.15, 0.2) is 5.69 Å². The molecular weight excluding hydrogens is 357 g/mol. The summed E-state index contributed by atoms with van der Waals surface area (Å²) in [6, 6.07) is 7.11. The summed E-state index contributed by atoms with van der Waals surface area (Å²) < 4.78 is 42.0. The first-order chi connectivity index (χ1) is 12.8. The van der Waals surface area contributed by atoms with E-state index in [-0.39, 0.29) is 11.7 Å². The number of alkyl halides is 3. The number of carbonyl (C=O) groups excluding carboxylic acids is 1. The highest BCUT2D eigenvalue weighted by Crippen LogP contribution is 2.34. The smallest absolute Gasteiger partial charge is 0.349 e. The van der Waals surface area contributed by atoms with Crippen molar-refractivity contribution in [2.24, 2.45) is 0 Å². The van der Waals surface area contributed by atoms with E-state index in [4.69, 9.17) is 0 Å². The minimum Gasteiger partial charge on any atom is -0.349 e. The van der Waals surface area contributed by atoms with E-state index in [1.807, 2.05) is 6.92 Å². The van der Waals surface area contributed by atoms with Crippen molar-refractivity contribution in [3.8, 4) is 5.69 Å². The van der Waals surface area contributed by atoms with Gasteiger partial charge in [0.25, 0.3) is 5.91 Å². The summed E-state index contributed by atoms with van der Waals surface area (Å²) >= 11 is 0. The van der Waals surface area contributed by atoms with Gasteiger partial charge in [-0.1, -0.05) is 17.7 Å². The number of rotatable bonds is 3. The number of hydrogen-bond acceptors (Lipinski definition) is 3. The second kappa shape index (κ2) is 6.67. The Kier molecular flexibility index (Phi) is 4.46. The molecule has 0 aliphatic carbocycles. The predicted octanol–water partition coefficient (Wildman–Crippen LogP) is 3.21. The molecule has 2 fully saturated rings. The van der Waals surface area contributed by atoms with Crippen molar-refractivity contribution >= 4 is 5.91 Å². The maximum atomic E-state index is 13.7. The lowest BCUT2D eigenvalue weighted by molar-refractivity contribution is -0.143. The standard InChI is InChI=1S/C19H21F3N4O/c1-11-2-6-15(7-3-11)26-17(19(20,21)22)16(10-23-26)18(27)25-14-8-12-4-5-13(9-14)24-12/h2-3,6-7,10,12-14,24H,4-5,8-9H2,1H3,(H,25,27). The Morgan fingerprint density at radius 1 is 1.19 bits per heavy atom. The number of piperidine rings is 1. The Morgan fingerprint density at radius 3 is 2.41 bits per heavy atom. The molecule has 3 heterocycles. The van der Waals surface area contributed by atoms with Gasteiger partial charge in [-0.25, -0.2) is 4.68 Å². The number of amides is 1. The highest BCUT2D eigenvalue weighted by atomic mass is 19.4. The van der Waals surface area contributed by atoms with Crippen molar-refractivity contribution in [2.75, 3.05) is 0 Å². The van der Waals surface area contributed by atoms with E-state index in [0.29, 0.717) is 12.1 Å². The van der Waals surface area contributed by atoms with Crippen LogP contribution < -0.4 is 10.6 Å². The zero-order valence-electron chi connectivity index (χ0n) is 14.9. The van der Waals surface area contributed by atoms with Crippen LogP contribution in [0.15, 0.2) is 30.5 Å². The van der Waals surface area contributed by atoms with E-state index in [1.165, 1.54) is 0 Å². The number of nitrogens with zero attached hydrogens (tertiary/aromatic N) is 2. The molecule has 4 rings (SSSR count). The molecule has 27 heavy (non-hydrogen) atoms. The van der Waals surface area contributed by atoms with Crippen molar-refractivity contribution in [3.05, 3.63) is 47.3 Å². The summed E-state index contributed by atoms with van der Waals surface area (Å²) in [5.74, 6) is -0.716. The van der Waals surface area contributed by atoms with Crippen LogP contribution in [0, 0.1) is 6.92 Å². The molecule has 2 unspecified atom stereocenters. The lowest BCUT2D eigenvalue weighted by Gasteiger charge is -2.29. The summed E-state index contributed by atoms with van der Waals surface area (Å²) in [7, 11) is 0. The van der Waals surface area contributed by atoms with Crippen molar-refractivity contribution in [1.82, 2.24) is 20.4 Å². The number of aromatic nitrogens is 2. The molecule has 2 atom stereocenters. The number of benzene rings is 1. The fraction of sp³-hybridized carbons (Fsp3) is 0.474. The molecular formula is C19H21F3N4O. The summed E-state index contributed by atoms with van der Waals surface area (Å²) in [6.45, 7) is 1.85. The number of aryl methyl sites for hydroxylation is 1. The first-order valence-electron chi connectivity index (χ1n) is 9.10. The van der Waals surface area contributed by atoms with Gasteiger partial charge in [0.1, 0.15) is 0 Å². The quantitative estimate of drug-likeness (QED) is 0.862. The number of fused-ring (bicyclic) bond motifs is 2. The van der Waals surface area contributed by atoms with Crippen molar-refractivity contribution < 1.29 is 18.0 Å². The Bertz CT molecular complexity index is 832. The third-order valence-corrected chi connectivity index (χ3v) is 5.37. The maximum Gasteiger partial charge on any atom is 0.434 e. The highest BCUT2D eigenvalue weighted by Gasteiger charge is 2.41. The molecule has 5 nitrogen and oxygen atoms in total. The maximum absolute atomic E-state index is 13.7. The average Bonchev–Trinajstić information content (AvgIpc) is 3.19. The third-order valence-electron chi connectivity index (χ3n) is 5.37. The third kappa shape index (κ3) is 3.58. The van der Waals surface area contributed by atoms with Crippen LogP contribution in [-0.4, -0.2) is 33.8 Å². The molecule has 2 aromatic rings. The molecule has 0 saturated carbocycles. The fourth-order valence-electron chi connectivity index (χ4n) is 4.11. The summed E-state index contributed by atoms with van der Waals surface area (Å²) in [6.07, 6.45) is -0.0906. The fourth-order valence-corrected chi connectivity index (χ4v) is 4.11. The van der Waals surface area contributed by atoms with Crippen molar-refractivity contribution in [3.63, 3.8) is 0 Å². The normalized spacial score (nSPS) is 24.8. The number of nitrogens with one attached hydrogen (secondary N) is 2. The van der Waals surface area contributed by atoms with Crippen LogP contribution >= 0.6 is 0 Å². The second-order valence-electron chi connectivity index (χ2n) is 7.43. The zero-order valence-corrected chi connectivity index (χ0v) is 14.9. The molecule has 8 heteroatoms. The number of hydrogen-bond donors (Lipinski definition) is 2. The average molecular weight is 378 g/mol. The number of halogens is 3. The molecule has 0 spiro atoms. The molecule has 1 aromatic carbocycles. The number of carbonyl (C=O) groups is 1. The molecule has 2 aliphatic rings. The molecule has 2 aliphatic heterocycles. The molecule has 2 N–H and O–H groups in total. The minimum atomic E-state index is -4.69. The van der Waals surface area contributed by atoms with Gasteiger partial charge in [0.2, 0.25) is 0 Å². The lowest BCUT2D eigenvalue weighted by atomic mass is 9.99. The van der Waals surface area contributed by atoms with Crippen LogP contribution in [0.3, 0.4) is 0 Å². The monoisotopic (exact) mass is 378 g/mol. The molecule has 0 radical (unpaired) electrons. The molecule has 2 bridgehead atoms. The van der Waals surface area contributed by atoms with E-state index in [2.05, 4.69) is 15.7 Å². The second-order valence-corrected chi connectivity index (χ2v) is 7.43. The Labute approximate surface area is 154 Å². The first kappa shape index (κ1) is 18.0. The van der Waals surface area contributed by atoms with Gasteiger partial charge in [0.05, 0.1) is 17.4 Å². The van der Waals surface area contributed by atoms with Gasteiger partial charge in [0, 0.05) is 18.1 Å². The van der Waals surface area contributed by atoms with Crippen LogP contribution in [0.25, 0.3) is 5.69 Å². The largest absolute Gasteiger partial charge is 0.434 e.